The van der Waals surface area contributed by atoms with E-state index in [0.29, 0.717) is 10.5 Å². The molecule has 0 aliphatic rings. The van der Waals surface area contributed by atoms with Crippen LogP contribution in [-0.2, 0) is 0 Å². The molecule has 0 amide bonds. The molecule has 0 aliphatic heterocycles. The molecule has 1 aromatic heterocycles. The van der Waals surface area contributed by atoms with Crippen LogP contribution in [0.2, 0.25) is 4.78 Å². The maximum atomic E-state index is 10.5. The second kappa shape index (κ2) is 8.92. The number of aromatic hydroxyl groups is 1. The second-order valence-electron chi connectivity index (χ2n) is 7.80. The van der Waals surface area contributed by atoms with Crippen LogP contribution in [0.4, 0.5) is 0 Å². The summed E-state index contributed by atoms with van der Waals surface area (Å²) in [5.41, 5.74) is 4.43. The Balaban J connectivity index is 1.49. The van der Waals surface area contributed by atoms with E-state index in [-0.39, 0.29) is 21.6 Å². The standard InChI is InChI=1S/C14H16NO.C12H10O.Al/c1-4-10(2)15-11(3)8-9-12-6-5-7-13(16)14(12)15;13-12-8-6-11(7-9-12)10-4-2-1-3-5-10;/h4-10H,1-3H3;1-9,13H;/q;;+1. The van der Waals surface area contributed by atoms with E-state index in [1.54, 1.807) is 6.07 Å². The summed E-state index contributed by atoms with van der Waals surface area (Å²) < 4.78 is 8.77. The fourth-order valence-corrected chi connectivity index (χ4v) is 4.76. The highest BCUT2D eigenvalue weighted by Crippen LogP contribution is 2.27. The van der Waals surface area contributed by atoms with Crippen LogP contribution in [-0.4, -0.2) is 20.7 Å². The van der Waals surface area contributed by atoms with Crippen LogP contribution >= 0.6 is 0 Å². The zero-order valence-corrected chi connectivity index (χ0v) is 18.8. The fourth-order valence-electron chi connectivity index (χ4n) is 3.83. The molecule has 1 N–H and O–H groups in total. The Bertz CT molecular complexity index is 1140. The van der Waals surface area contributed by atoms with Crippen LogP contribution in [0.3, 0.4) is 0 Å². The smallest absolute Gasteiger partial charge is 0.533 e. The average Bonchev–Trinajstić information content (AvgIpc) is 2.78. The van der Waals surface area contributed by atoms with Crippen molar-refractivity contribution in [2.45, 2.75) is 31.6 Å². The third-order valence-corrected chi connectivity index (χ3v) is 7.11. The third kappa shape index (κ3) is 4.21. The summed E-state index contributed by atoms with van der Waals surface area (Å²) in [6.45, 7) is 6.52. The molecule has 4 rings (SSSR count). The van der Waals surface area contributed by atoms with E-state index < -0.39 is 0 Å². The van der Waals surface area contributed by atoms with E-state index in [2.05, 4.69) is 86.0 Å². The van der Waals surface area contributed by atoms with Gasteiger partial charge < -0.3 is 8.90 Å². The molecule has 0 saturated carbocycles. The van der Waals surface area contributed by atoms with Crippen LogP contribution < -0.4 is 8.36 Å². The SMILES string of the molecule is Cc1ccc2cccc(O)c2[n+]1C(C)[CH](C)[Al][O]c1ccc(-c2ccccc2)cc1. The Morgan fingerprint density at radius 2 is 1.50 bits per heavy atom. The zero-order chi connectivity index (χ0) is 21.1. The van der Waals surface area contributed by atoms with Gasteiger partial charge in [0, 0.05) is 17.8 Å². The molecular weight excluding hydrogens is 385 g/mol. The average molecular weight is 411 g/mol. The van der Waals surface area contributed by atoms with Gasteiger partial charge in [-0.1, -0.05) is 55.5 Å². The number of phenols is 1. The normalized spacial score (nSPS) is 13.0. The lowest BCUT2D eigenvalue weighted by Gasteiger charge is -2.18. The number of pyridine rings is 1. The number of phenolic OH excluding ortho intramolecular Hbond substituents is 1. The van der Waals surface area contributed by atoms with E-state index in [1.165, 1.54) is 11.1 Å². The molecule has 1 radical (unpaired) electrons. The number of rotatable bonds is 6. The lowest BCUT2D eigenvalue weighted by atomic mass is 10.1. The van der Waals surface area contributed by atoms with Gasteiger partial charge in [-0.15, -0.1) is 0 Å². The number of benzene rings is 3. The van der Waals surface area contributed by atoms with Gasteiger partial charge in [0.1, 0.15) is 6.04 Å². The molecule has 4 heteroatoms. The van der Waals surface area contributed by atoms with E-state index in [0.717, 1.165) is 22.3 Å². The highest BCUT2D eigenvalue weighted by Gasteiger charge is 2.29. The first kappa shape index (κ1) is 20.5. The third-order valence-electron chi connectivity index (χ3n) is 5.72. The summed E-state index contributed by atoms with van der Waals surface area (Å²) in [5, 5.41) is 11.5. The molecule has 0 fully saturated rings. The monoisotopic (exact) mass is 411 g/mol. The Labute approximate surface area is 184 Å². The van der Waals surface area contributed by atoms with Gasteiger partial charge in [-0.25, -0.2) is 0 Å². The highest BCUT2D eigenvalue weighted by atomic mass is 27.1. The molecule has 0 bridgehead atoms. The molecule has 2 atom stereocenters. The Kier molecular flexibility index (Phi) is 6.09. The second-order valence-corrected chi connectivity index (χ2v) is 9.36. The first-order valence-electron chi connectivity index (χ1n) is 10.3. The van der Waals surface area contributed by atoms with E-state index >= 15 is 0 Å². The Morgan fingerprint density at radius 3 is 2.23 bits per heavy atom. The minimum absolute atomic E-state index is 0.209. The zero-order valence-electron chi connectivity index (χ0n) is 17.6. The van der Waals surface area contributed by atoms with E-state index in [4.69, 9.17) is 3.79 Å². The first-order valence-corrected chi connectivity index (χ1v) is 11.5. The summed E-state index contributed by atoms with van der Waals surface area (Å²) >= 11 is -0.256. The molecule has 3 nitrogen and oxygen atoms in total. The molecular formula is C26H26AlNO2+. The Hall–Kier alpha value is -2.80. The van der Waals surface area contributed by atoms with Crippen LogP contribution in [0.1, 0.15) is 25.6 Å². The number of hydrogen-bond acceptors (Lipinski definition) is 2. The summed E-state index contributed by atoms with van der Waals surface area (Å²) in [7, 11) is 0. The lowest BCUT2D eigenvalue weighted by molar-refractivity contribution is -0.700. The summed E-state index contributed by atoms with van der Waals surface area (Å²) in [4.78, 5) is 0. The largest absolute Gasteiger partial charge is 0.648 e. The van der Waals surface area contributed by atoms with Crippen molar-refractivity contribution < 1.29 is 13.5 Å². The van der Waals surface area contributed by atoms with Gasteiger partial charge in [-0.05, 0) is 48.4 Å². The summed E-state index contributed by atoms with van der Waals surface area (Å²) in [5.74, 6) is 1.23. The van der Waals surface area contributed by atoms with Gasteiger partial charge in [-0.3, -0.25) is 0 Å². The lowest BCUT2D eigenvalue weighted by Crippen LogP contribution is -2.44. The van der Waals surface area contributed by atoms with Gasteiger partial charge in [0.25, 0.3) is 5.52 Å². The van der Waals surface area contributed by atoms with Crippen molar-refractivity contribution in [2.75, 3.05) is 0 Å². The molecule has 0 saturated heterocycles. The molecule has 1 heterocycles. The van der Waals surface area contributed by atoms with Crippen molar-refractivity contribution in [3.05, 3.63) is 90.6 Å². The molecule has 149 valence electrons. The Morgan fingerprint density at radius 1 is 0.800 bits per heavy atom. The van der Waals surface area contributed by atoms with Crippen LogP contribution in [0.5, 0.6) is 11.5 Å². The minimum Gasteiger partial charge on any atom is -0.648 e. The maximum Gasteiger partial charge on any atom is 0.533 e. The number of nitrogens with zero attached hydrogens (tertiary/aromatic N) is 1. The van der Waals surface area contributed by atoms with Crippen molar-refractivity contribution in [1.29, 1.82) is 0 Å². The van der Waals surface area contributed by atoms with Crippen molar-refractivity contribution in [3.63, 3.8) is 0 Å². The molecule has 0 spiro atoms. The van der Waals surface area contributed by atoms with Gasteiger partial charge in [0.15, 0.2) is 11.4 Å². The maximum absolute atomic E-state index is 10.5. The van der Waals surface area contributed by atoms with Gasteiger partial charge in [0.2, 0.25) is 0 Å². The van der Waals surface area contributed by atoms with Gasteiger partial charge in [-0.2, -0.15) is 4.57 Å². The van der Waals surface area contributed by atoms with Crippen LogP contribution in [0, 0.1) is 6.92 Å². The van der Waals surface area contributed by atoms with Gasteiger partial charge in [0.05, 0.1) is 11.1 Å². The van der Waals surface area contributed by atoms with Crippen molar-refractivity contribution >= 4 is 26.5 Å². The number of para-hydroxylation sites is 1. The highest BCUT2D eigenvalue weighted by molar-refractivity contribution is 6.30. The number of aromatic nitrogens is 1. The predicted octanol–water partition coefficient (Wildman–Crippen LogP) is 5.88. The fraction of sp³-hybridized carbons (Fsp3) is 0.192. The summed E-state index contributed by atoms with van der Waals surface area (Å²) in [6.07, 6.45) is 0. The number of fused-ring (bicyclic) bond motifs is 1. The van der Waals surface area contributed by atoms with Crippen LogP contribution in [0.25, 0.3) is 22.0 Å². The van der Waals surface area contributed by atoms with Crippen molar-refractivity contribution in [3.8, 4) is 22.6 Å². The first-order chi connectivity index (χ1) is 14.5. The topological polar surface area (TPSA) is 33.3 Å². The van der Waals surface area contributed by atoms with Crippen molar-refractivity contribution in [2.24, 2.45) is 0 Å². The predicted molar refractivity (Wildman–Crippen MR) is 123 cm³/mol. The van der Waals surface area contributed by atoms with Crippen molar-refractivity contribution in [1.82, 2.24) is 0 Å². The molecule has 30 heavy (non-hydrogen) atoms. The molecule has 3 aromatic carbocycles. The number of hydrogen-bond donors (Lipinski definition) is 1. The van der Waals surface area contributed by atoms with E-state index in [1.807, 2.05) is 18.2 Å². The summed E-state index contributed by atoms with van der Waals surface area (Å²) in [6, 6.07) is 28.8. The molecule has 4 aromatic rings. The molecule has 2 unspecified atom stereocenters. The quantitative estimate of drug-likeness (QED) is 0.318. The minimum atomic E-state index is -0.256. The van der Waals surface area contributed by atoms with E-state index in [9.17, 15) is 5.11 Å². The van der Waals surface area contributed by atoms with Crippen LogP contribution in [0.15, 0.2) is 84.9 Å². The van der Waals surface area contributed by atoms with Gasteiger partial charge >= 0.3 is 15.6 Å². The molecule has 0 aliphatic carbocycles. The number of aryl methyl sites for hydroxylation is 1.